The molecule has 0 aliphatic rings. The second kappa shape index (κ2) is 5.28. The fourth-order valence-corrected chi connectivity index (χ4v) is 1.47. The van der Waals surface area contributed by atoms with Crippen LogP contribution in [0.3, 0.4) is 0 Å². The molecule has 0 aliphatic heterocycles. The van der Waals surface area contributed by atoms with Gasteiger partial charge >= 0.3 is 12.1 Å². The van der Waals surface area contributed by atoms with Gasteiger partial charge in [-0.3, -0.25) is 4.79 Å². The van der Waals surface area contributed by atoms with Gasteiger partial charge in [0.15, 0.2) is 0 Å². The van der Waals surface area contributed by atoms with E-state index in [1.807, 2.05) is 0 Å². The molecule has 0 bridgehead atoms. The molecule has 1 aromatic rings. The number of carbonyl (C=O) groups is 1. The number of hydrogen-bond donors (Lipinski definition) is 2. The van der Waals surface area contributed by atoms with Crippen molar-refractivity contribution in [2.45, 2.75) is 20.0 Å². The maximum absolute atomic E-state index is 12.8. The van der Waals surface area contributed by atoms with Crippen molar-refractivity contribution in [3.05, 3.63) is 28.8 Å². The van der Waals surface area contributed by atoms with Crippen molar-refractivity contribution < 1.29 is 23.1 Å². The van der Waals surface area contributed by atoms with Gasteiger partial charge in [-0.1, -0.05) is 11.6 Å². The second-order valence-corrected chi connectivity index (χ2v) is 5.17. The van der Waals surface area contributed by atoms with Crippen molar-refractivity contribution in [1.29, 1.82) is 0 Å². The van der Waals surface area contributed by atoms with Gasteiger partial charge in [-0.15, -0.1) is 0 Å². The Morgan fingerprint density at radius 3 is 2.42 bits per heavy atom. The van der Waals surface area contributed by atoms with Crippen molar-refractivity contribution >= 4 is 23.3 Å². The third-order valence-electron chi connectivity index (χ3n) is 2.59. The molecular weight excluding hydrogens is 283 g/mol. The van der Waals surface area contributed by atoms with E-state index < -0.39 is 23.1 Å². The summed E-state index contributed by atoms with van der Waals surface area (Å²) < 4.78 is 38.4. The lowest BCUT2D eigenvalue weighted by Gasteiger charge is -2.22. The Labute approximate surface area is 113 Å². The van der Waals surface area contributed by atoms with E-state index in [-0.39, 0.29) is 17.3 Å². The summed E-state index contributed by atoms with van der Waals surface area (Å²) in [5.41, 5.74) is -2.28. The van der Waals surface area contributed by atoms with Gasteiger partial charge in [-0.25, -0.2) is 0 Å². The number of alkyl halides is 3. The normalized spacial score (nSPS) is 12.3. The van der Waals surface area contributed by atoms with Crippen LogP contribution in [-0.4, -0.2) is 17.6 Å². The number of carboxylic acids is 1. The van der Waals surface area contributed by atoms with Crippen LogP contribution in [0.4, 0.5) is 18.9 Å². The number of halogens is 4. The topological polar surface area (TPSA) is 49.3 Å². The predicted molar refractivity (Wildman–Crippen MR) is 66.4 cm³/mol. The monoisotopic (exact) mass is 295 g/mol. The first-order chi connectivity index (χ1) is 8.54. The molecule has 0 heterocycles. The minimum atomic E-state index is -4.55. The number of aliphatic carboxylic acids is 1. The molecule has 0 saturated heterocycles. The van der Waals surface area contributed by atoms with Crippen molar-refractivity contribution in [2.24, 2.45) is 5.41 Å². The molecule has 1 rings (SSSR count). The third kappa shape index (κ3) is 4.02. The van der Waals surface area contributed by atoms with Crippen LogP contribution in [0.1, 0.15) is 19.4 Å². The Bertz CT molecular complexity index is 486. The van der Waals surface area contributed by atoms with E-state index in [0.29, 0.717) is 0 Å². The minimum absolute atomic E-state index is 0.0321. The summed E-state index contributed by atoms with van der Waals surface area (Å²) in [5, 5.41) is 11.4. The molecule has 0 radical (unpaired) electrons. The van der Waals surface area contributed by atoms with Crippen LogP contribution in [0.5, 0.6) is 0 Å². The van der Waals surface area contributed by atoms with Gasteiger partial charge in [0.25, 0.3) is 0 Å². The van der Waals surface area contributed by atoms with Crippen molar-refractivity contribution in [3.63, 3.8) is 0 Å². The first-order valence-electron chi connectivity index (χ1n) is 5.38. The SMILES string of the molecule is CC(C)(CNc1ccc(Cl)cc1C(F)(F)F)C(=O)O. The third-order valence-corrected chi connectivity index (χ3v) is 2.82. The summed E-state index contributed by atoms with van der Waals surface area (Å²) in [6.07, 6.45) is -4.55. The molecule has 0 spiro atoms. The molecule has 0 amide bonds. The summed E-state index contributed by atoms with van der Waals surface area (Å²) in [7, 11) is 0. The molecule has 1 aromatic carbocycles. The maximum atomic E-state index is 12.8. The quantitative estimate of drug-likeness (QED) is 0.886. The van der Waals surface area contributed by atoms with Crippen LogP contribution >= 0.6 is 11.6 Å². The Kier molecular flexibility index (Phi) is 4.35. The first-order valence-corrected chi connectivity index (χ1v) is 5.76. The van der Waals surface area contributed by atoms with Crippen molar-refractivity contribution in [2.75, 3.05) is 11.9 Å². The Morgan fingerprint density at radius 2 is 1.95 bits per heavy atom. The molecule has 2 N–H and O–H groups in total. The number of nitrogens with one attached hydrogen (secondary N) is 1. The number of benzene rings is 1. The lowest BCUT2D eigenvalue weighted by molar-refractivity contribution is -0.146. The molecule has 0 atom stereocenters. The highest BCUT2D eigenvalue weighted by Crippen LogP contribution is 2.36. The van der Waals surface area contributed by atoms with Gasteiger partial charge in [-0.05, 0) is 32.0 Å². The highest BCUT2D eigenvalue weighted by Gasteiger charge is 2.34. The Hall–Kier alpha value is -1.43. The molecule has 0 saturated carbocycles. The number of anilines is 1. The smallest absolute Gasteiger partial charge is 0.418 e. The highest BCUT2D eigenvalue weighted by molar-refractivity contribution is 6.30. The van der Waals surface area contributed by atoms with Crippen LogP contribution < -0.4 is 5.32 Å². The molecule has 0 fully saturated rings. The fraction of sp³-hybridized carbons (Fsp3) is 0.417. The molecule has 106 valence electrons. The lowest BCUT2D eigenvalue weighted by atomic mass is 9.93. The van der Waals surface area contributed by atoms with E-state index in [4.69, 9.17) is 16.7 Å². The maximum Gasteiger partial charge on any atom is 0.418 e. The number of hydrogen-bond acceptors (Lipinski definition) is 2. The Morgan fingerprint density at radius 1 is 1.37 bits per heavy atom. The summed E-state index contributed by atoms with van der Waals surface area (Å²) in [4.78, 5) is 10.9. The van der Waals surface area contributed by atoms with Gasteiger partial charge < -0.3 is 10.4 Å². The van der Waals surface area contributed by atoms with Gasteiger partial charge in [0, 0.05) is 17.3 Å². The molecule has 0 aliphatic carbocycles. The predicted octanol–water partition coefficient (Wildman–Crippen LogP) is 3.88. The zero-order valence-corrected chi connectivity index (χ0v) is 11.1. The van der Waals surface area contributed by atoms with Crippen LogP contribution in [0.25, 0.3) is 0 Å². The molecule has 7 heteroatoms. The molecule has 0 unspecified atom stereocenters. The van der Waals surface area contributed by atoms with E-state index in [9.17, 15) is 18.0 Å². The average Bonchev–Trinajstić information content (AvgIpc) is 2.26. The van der Waals surface area contributed by atoms with E-state index in [2.05, 4.69) is 5.32 Å². The lowest BCUT2D eigenvalue weighted by Crippen LogP contribution is -2.32. The molecule has 19 heavy (non-hydrogen) atoms. The fourth-order valence-electron chi connectivity index (χ4n) is 1.30. The number of carboxylic acid groups (broad SMARTS) is 1. The zero-order chi connectivity index (χ0) is 14.8. The molecular formula is C12H13ClF3NO2. The first kappa shape index (κ1) is 15.6. The largest absolute Gasteiger partial charge is 0.481 e. The van der Waals surface area contributed by atoms with Crippen LogP contribution in [0.15, 0.2) is 18.2 Å². The van der Waals surface area contributed by atoms with Gasteiger partial charge in [0.05, 0.1) is 11.0 Å². The van der Waals surface area contributed by atoms with E-state index in [1.54, 1.807) is 0 Å². The van der Waals surface area contributed by atoms with Gasteiger partial charge in [0.1, 0.15) is 0 Å². The minimum Gasteiger partial charge on any atom is -0.481 e. The van der Waals surface area contributed by atoms with E-state index >= 15 is 0 Å². The van der Waals surface area contributed by atoms with Crippen LogP contribution in [-0.2, 0) is 11.0 Å². The van der Waals surface area contributed by atoms with Gasteiger partial charge in [0.2, 0.25) is 0 Å². The summed E-state index contributed by atoms with van der Waals surface area (Å²) in [5.74, 6) is -1.09. The summed E-state index contributed by atoms with van der Waals surface area (Å²) >= 11 is 5.54. The second-order valence-electron chi connectivity index (χ2n) is 4.73. The average molecular weight is 296 g/mol. The Balaban J connectivity index is 3.00. The van der Waals surface area contributed by atoms with Crippen molar-refractivity contribution in [3.8, 4) is 0 Å². The highest BCUT2D eigenvalue weighted by atomic mass is 35.5. The number of rotatable bonds is 4. The molecule has 3 nitrogen and oxygen atoms in total. The summed E-state index contributed by atoms with van der Waals surface area (Å²) in [6, 6.07) is 3.30. The van der Waals surface area contributed by atoms with Crippen LogP contribution in [0, 0.1) is 5.41 Å². The standard InChI is InChI=1S/C12H13ClF3NO2/c1-11(2,10(18)19)6-17-9-4-3-7(13)5-8(9)12(14,15)16/h3-5,17H,6H2,1-2H3,(H,18,19). The van der Waals surface area contributed by atoms with Crippen molar-refractivity contribution in [1.82, 2.24) is 0 Å². The molecule has 0 aromatic heterocycles. The van der Waals surface area contributed by atoms with Crippen LogP contribution in [0.2, 0.25) is 5.02 Å². The van der Waals surface area contributed by atoms with Gasteiger partial charge in [-0.2, -0.15) is 13.2 Å². The van der Waals surface area contributed by atoms with E-state index in [0.717, 1.165) is 6.07 Å². The van der Waals surface area contributed by atoms with E-state index in [1.165, 1.54) is 26.0 Å². The summed E-state index contributed by atoms with van der Waals surface area (Å²) in [6.45, 7) is 2.71. The zero-order valence-electron chi connectivity index (χ0n) is 10.3.